The Morgan fingerprint density at radius 2 is 1.83 bits per heavy atom. The number of hydrogen-bond donors (Lipinski definition) is 1. The number of carbonyl (C=O) groups excluding carboxylic acids is 1. The van der Waals surface area contributed by atoms with Gasteiger partial charge in [0.2, 0.25) is 6.54 Å². The highest BCUT2D eigenvalue weighted by atomic mass is 79.9. The molecule has 5 heteroatoms. The number of halogens is 1. The van der Waals surface area contributed by atoms with Crippen molar-refractivity contribution in [1.29, 1.82) is 0 Å². The summed E-state index contributed by atoms with van der Waals surface area (Å²) < 4.78 is 4.28. The maximum absolute atomic E-state index is 12.5. The summed E-state index contributed by atoms with van der Waals surface area (Å²) in [6, 6.07) is 8.64. The van der Waals surface area contributed by atoms with Gasteiger partial charge in [-0.3, -0.25) is 4.79 Å². The molecule has 1 heterocycles. The SMILES string of the molecule is Cc1cccc(C)c1NC(=O)C[n+]1cccn1C1CCCCC1.[Br-]. The van der Waals surface area contributed by atoms with Gasteiger partial charge in [0, 0.05) is 11.8 Å². The second-order valence-electron chi connectivity index (χ2n) is 6.58. The third-order valence-electron chi connectivity index (χ3n) is 4.79. The number of rotatable bonds is 4. The molecule has 4 nitrogen and oxygen atoms in total. The van der Waals surface area contributed by atoms with Crippen LogP contribution in [0.1, 0.15) is 49.3 Å². The predicted molar refractivity (Wildman–Crippen MR) is 91.3 cm³/mol. The molecule has 24 heavy (non-hydrogen) atoms. The lowest BCUT2D eigenvalue weighted by Gasteiger charge is -2.21. The van der Waals surface area contributed by atoms with Gasteiger partial charge in [-0.2, -0.15) is 4.68 Å². The zero-order valence-corrected chi connectivity index (χ0v) is 16.1. The first-order valence-electron chi connectivity index (χ1n) is 8.58. The first-order chi connectivity index (χ1) is 11.1. The normalized spacial score (nSPS) is 14.9. The Kier molecular flexibility index (Phi) is 6.60. The molecule has 0 bridgehead atoms. The summed E-state index contributed by atoms with van der Waals surface area (Å²) in [7, 11) is 0. The Bertz CT molecular complexity index is 669. The van der Waals surface area contributed by atoms with Crippen molar-refractivity contribution in [2.24, 2.45) is 0 Å². The Morgan fingerprint density at radius 1 is 1.17 bits per heavy atom. The second-order valence-corrected chi connectivity index (χ2v) is 6.58. The van der Waals surface area contributed by atoms with Crippen LogP contribution in [0.4, 0.5) is 5.69 Å². The lowest BCUT2D eigenvalue weighted by Crippen LogP contribution is -3.00. The molecule has 1 saturated carbocycles. The van der Waals surface area contributed by atoms with E-state index >= 15 is 0 Å². The Labute approximate surface area is 154 Å². The second kappa shape index (κ2) is 8.47. The van der Waals surface area contributed by atoms with Crippen LogP contribution in [-0.2, 0) is 11.3 Å². The van der Waals surface area contributed by atoms with Crippen molar-refractivity contribution >= 4 is 11.6 Å². The summed E-state index contributed by atoms with van der Waals surface area (Å²) in [5.74, 6) is 0.0307. The molecule has 130 valence electrons. The average molecular weight is 392 g/mol. The molecule has 0 spiro atoms. The van der Waals surface area contributed by atoms with Crippen molar-refractivity contribution in [2.45, 2.75) is 58.5 Å². The lowest BCUT2D eigenvalue weighted by atomic mass is 9.96. The summed E-state index contributed by atoms with van der Waals surface area (Å²) >= 11 is 0. The van der Waals surface area contributed by atoms with E-state index in [1.54, 1.807) is 0 Å². The lowest BCUT2D eigenvalue weighted by molar-refractivity contribution is -0.767. The molecule has 0 saturated heterocycles. The minimum absolute atomic E-state index is 0. The van der Waals surface area contributed by atoms with Gasteiger partial charge in [-0.1, -0.05) is 37.5 Å². The Morgan fingerprint density at radius 3 is 2.50 bits per heavy atom. The smallest absolute Gasteiger partial charge is 0.292 e. The van der Waals surface area contributed by atoms with Crippen LogP contribution in [0, 0.1) is 13.8 Å². The van der Waals surface area contributed by atoms with Crippen LogP contribution < -0.4 is 27.0 Å². The first-order valence-corrected chi connectivity index (χ1v) is 8.58. The molecule has 1 amide bonds. The van der Waals surface area contributed by atoms with Crippen LogP contribution in [0.5, 0.6) is 0 Å². The fraction of sp³-hybridized carbons (Fsp3) is 0.474. The van der Waals surface area contributed by atoms with Crippen molar-refractivity contribution in [3.05, 3.63) is 47.8 Å². The van der Waals surface area contributed by atoms with E-state index in [0.717, 1.165) is 16.8 Å². The quantitative estimate of drug-likeness (QED) is 0.758. The van der Waals surface area contributed by atoms with E-state index in [2.05, 4.69) is 16.2 Å². The van der Waals surface area contributed by atoms with Crippen molar-refractivity contribution in [3.63, 3.8) is 0 Å². The number of hydrogen-bond acceptors (Lipinski definition) is 1. The highest BCUT2D eigenvalue weighted by Gasteiger charge is 2.23. The number of nitrogens with zero attached hydrogens (tertiary/aromatic N) is 2. The number of anilines is 1. The largest absolute Gasteiger partial charge is 1.00 e. The van der Waals surface area contributed by atoms with Gasteiger partial charge in [-0.05, 0) is 37.8 Å². The van der Waals surface area contributed by atoms with Crippen LogP contribution in [0.2, 0.25) is 0 Å². The number of benzene rings is 1. The standard InChI is InChI=1S/C19H25N3O.BrH/c1-15-8-6-9-16(2)19(15)20-18(23)14-21-12-7-13-22(21)17-10-4-3-5-11-17;/h6-9,12-13,17H,3-5,10-11,14H2,1-2H3;1H. The number of amides is 1. The zero-order chi connectivity index (χ0) is 16.2. The monoisotopic (exact) mass is 391 g/mol. The van der Waals surface area contributed by atoms with E-state index in [1.807, 2.05) is 49.0 Å². The minimum atomic E-state index is 0. The van der Waals surface area contributed by atoms with Crippen molar-refractivity contribution < 1.29 is 26.5 Å². The summed E-state index contributed by atoms with van der Waals surface area (Å²) in [4.78, 5) is 12.5. The number of nitrogens with one attached hydrogen (secondary N) is 1. The van der Waals surface area contributed by atoms with Crippen LogP contribution >= 0.6 is 0 Å². The van der Waals surface area contributed by atoms with Gasteiger partial charge in [0.15, 0.2) is 6.20 Å². The summed E-state index contributed by atoms with van der Waals surface area (Å²) in [5.41, 5.74) is 3.14. The number of carbonyl (C=O) groups is 1. The van der Waals surface area contributed by atoms with E-state index in [4.69, 9.17) is 0 Å². The highest BCUT2D eigenvalue weighted by molar-refractivity contribution is 5.91. The maximum atomic E-state index is 12.5. The molecular formula is C19H26BrN3O. The van der Waals surface area contributed by atoms with Crippen LogP contribution in [0.25, 0.3) is 0 Å². The molecule has 1 aliphatic rings. The minimum Gasteiger partial charge on any atom is -1.00 e. The van der Waals surface area contributed by atoms with Crippen molar-refractivity contribution in [2.75, 3.05) is 5.32 Å². The third kappa shape index (κ3) is 4.26. The molecule has 1 aromatic heterocycles. The molecule has 1 fully saturated rings. The van der Waals surface area contributed by atoms with Gasteiger partial charge in [0.1, 0.15) is 0 Å². The molecule has 2 aromatic rings. The first kappa shape index (κ1) is 18.7. The summed E-state index contributed by atoms with van der Waals surface area (Å²) in [6.07, 6.45) is 10.4. The molecular weight excluding hydrogens is 366 g/mol. The Hall–Kier alpha value is -1.62. The molecule has 1 aliphatic carbocycles. The van der Waals surface area contributed by atoms with Gasteiger partial charge >= 0.3 is 0 Å². The topological polar surface area (TPSA) is 37.9 Å². The average Bonchev–Trinajstić information content (AvgIpc) is 3.00. The zero-order valence-electron chi connectivity index (χ0n) is 14.5. The summed E-state index contributed by atoms with van der Waals surface area (Å²) in [5, 5.41) is 3.07. The van der Waals surface area contributed by atoms with Gasteiger partial charge in [-0.15, -0.1) is 4.68 Å². The van der Waals surface area contributed by atoms with Gasteiger partial charge in [0.05, 0.1) is 12.2 Å². The van der Waals surface area contributed by atoms with Crippen molar-refractivity contribution in [1.82, 2.24) is 4.68 Å². The van der Waals surface area contributed by atoms with E-state index in [9.17, 15) is 4.79 Å². The van der Waals surface area contributed by atoms with Crippen molar-refractivity contribution in [3.8, 4) is 0 Å². The highest BCUT2D eigenvalue weighted by Crippen LogP contribution is 2.26. The van der Waals surface area contributed by atoms with Crippen LogP contribution in [-0.4, -0.2) is 10.6 Å². The number of aryl methyl sites for hydroxylation is 2. The fourth-order valence-electron chi connectivity index (χ4n) is 3.54. The van der Waals surface area contributed by atoms with Gasteiger partial charge < -0.3 is 22.3 Å². The molecule has 0 unspecified atom stereocenters. The fourth-order valence-corrected chi connectivity index (χ4v) is 3.54. The van der Waals surface area contributed by atoms with E-state index in [1.165, 1.54) is 32.1 Å². The third-order valence-corrected chi connectivity index (χ3v) is 4.79. The molecule has 1 aromatic carbocycles. The van der Waals surface area contributed by atoms with Crippen LogP contribution in [0.3, 0.4) is 0 Å². The summed E-state index contributed by atoms with van der Waals surface area (Å²) in [6.45, 7) is 4.41. The van der Waals surface area contributed by atoms with Gasteiger partial charge in [0.25, 0.3) is 5.91 Å². The molecule has 1 N–H and O–H groups in total. The molecule has 0 atom stereocenters. The van der Waals surface area contributed by atoms with E-state index in [0.29, 0.717) is 12.6 Å². The Balaban J connectivity index is 0.00000208. The molecule has 3 rings (SSSR count). The maximum Gasteiger partial charge on any atom is 0.292 e. The van der Waals surface area contributed by atoms with Gasteiger partial charge in [-0.25, -0.2) is 0 Å². The van der Waals surface area contributed by atoms with E-state index in [-0.39, 0.29) is 22.9 Å². The van der Waals surface area contributed by atoms with Crippen LogP contribution in [0.15, 0.2) is 36.7 Å². The molecule has 0 aliphatic heterocycles. The molecule has 0 radical (unpaired) electrons. The number of para-hydroxylation sites is 1. The van der Waals surface area contributed by atoms with E-state index < -0.39 is 0 Å². The number of aromatic nitrogens is 2. The predicted octanol–water partition coefficient (Wildman–Crippen LogP) is 0.540.